The van der Waals surface area contributed by atoms with Crippen LogP contribution in [0.4, 0.5) is 0 Å². The molecular formula is C10H22O6. The minimum Gasteiger partial charge on any atom is -0.394 e. The smallest absolute Gasteiger partial charge is 0.111 e. The molecule has 0 radical (unpaired) electrons. The standard InChI is InChI=1S/C10H22O6/c1-2-3-4-6(12)8(14)10(16)9(15)7(13)5-11/h6-16H,2-5H2,1H3/t6?,7-,8+,9-,10-/m1/s1. The summed E-state index contributed by atoms with van der Waals surface area (Å²) in [6, 6.07) is 0. The highest BCUT2D eigenvalue weighted by molar-refractivity contribution is 4.84. The maximum absolute atomic E-state index is 9.47. The Bertz CT molecular complexity index is 177. The van der Waals surface area contributed by atoms with E-state index in [1.807, 2.05) is 6.92 Å². The van der Waals surface area contributed by atoms with Gasteiger partial charge >= 0.3 is 0 Å². The topological polar surface area (TPSA) is 121 Å². The fourth-order valence-corrected chi connectivity index (χ4v) is 1.35. The minimum absolute atomic E-state index is 0.302. The van der Waals surface area contributed by atoms with Gasteiger partial charge in [0.05, 0.1) is 12.7 Å². The van der Waals surface area contributed by atoms with Crippen LogP contribution in [0.5, 0.6) is 0 Å². The van der Waals surface area contributed by atoms with E-state index in [2.05, 4.69) is 0 Å². The molecule has 0 rings (SSSR count). The van der Waals surface area contributed by atoms with E-state index in [-0.39, 0.29) is 0 Å². The lowest BCUT2D eigenvalue weighted by molar-refractivity contribution is -0.141. The molecule has 0 aromatic heterocycles. The van der Waals surface area contributed by atoms with E-state index in [4.69, 9.17) is 10.2 Å². The van der Waals surface area contributed by atoms with Gasteiger partial charge in [-0.25, -0.2) is 0 Å². The molecule has 0 aliphatic carbocycles. The van der Waals surface area contributed by atoms with Crippen molar-refractivity contribution in [2.45, 2.75) is 56.7 Å². The fourth-order valence-electron chi connectivity index (χ4n) is 1.35. The lowest BCUT2D eigenvalue weighted by Gasteiger charge is -2.28. The van der Waals surface area contributed by atoms with E-state index in [0.717, 1.165) is 6.42 Å². The van der Waals surface area contributed by atoms with Crippen molar-refractivity contribution in [3.8, 4) is 0 Å². The second kappa shape index (κ2) is 7.94. The van der Waals surface area contributed by atoms with Crippen LogP contribution < -0.4 is 0 Å². The number of aliphatic hydroxyl groups excluding tert-OH is 6. The van der Waals surface area contributed by atoms with Crippen LogP contribution in [-0.4, -0.2) is 67.8 Å². The Labute approximate surface area is 94.8 Å². The maximum Gasteiger partial charge on any atom is 0.111 e. The molecule has 0 aromatic carbocycles. The van der Waals surface area contributed by atoms with Crippen molar-refractivity contribution in [1.29, 1.82) is 0 Å². The van der Waals surface area contributed by atoms with Crippen LogP contribution in [0, 0.1) is 0 Å². The van der Waals surface area contributed by atoms with Gasteiger partial charge in [0.1, 0.15) is 24.4 Å². The van der Waals surface area contributed by atoms with Crippen LogP contribution in [0.1, 0.15) is 26.2 Å². The zero-order chi connectivity index (χ0) is 12.7. The quantitative estimate of drug-likeness (QED) is 0.290. The summed E-state index contributed by atoms with van der Waals surface area (Å²) >= 11 is 0. The first-order chi connectivity index (χ1) is 7.45. The monoisotopic (exact) mass is 238 g/mol. The Hall–Kier alpha value is -0.240. The molecule has 0 saturated heterocycles. The number of rotatable bonds is 8. The first-order valence-corrected chi connectivity index (χ1v) is 5.46. The summed E-state index contributed by atoms with van der Waals surface area (Å²) in [7, 11) is 0. The largest absolute Gasteiger partial charge is 0.394 e. The third kappa shape index (κ3) is 4.73. The Kier molecular flexibility index (Phi) is 7.82. The summed E-state index contributed by atoms with van der Waals surface area (Å²) in [5.41, 5.74) is 0. The van der Waals surface area contributed by atoms with E-state index in [1.165, 1.54) is 0 Å². The summed E-state index contributed by atoms with van der Waals surface area (Å²) in [6.45, 7) is 1.19. The molecule has 0 spiro atoms. The van der Waals surface area contributed by atoms with Crippen LogP contribution in [0.3, 0.4) is 0 Å². The van der Waals surface area contributed by atoms with Gasteiger partial charge in [-0.05, 0) is 6.42 Å². The summed E-state index contributed by atoms with van der Waals surface area (Å²) in [6.07, 6.45) is -5.78. The van der Waals surface area contributed by atoms with Gasteiger partial charge < -0.3 is 30.6 Å². The highest BCUT2D eigenvalue weighted by Gasteiger charge is 2.33. The van der Waals surface area contributed by atoms with Crippen molar-refractivity contribution in [2.75, 3.05) is 6.61 Å². The van der Waals surface area contributed by atoms with E-state index in [1.54, 1.807) is 0 Å². The van der Waals surface area contributed by atoms with Crippen molar-refractivity contribution < 1.29 is 30.6 Å². The molecule has 1 unspecified atom stereocenters. The number of hydrogen-bond donors (Lipinski definition) is 6. The van der Waals surface area contributed by atoms with Crippen molar-refractivity contribution >= 4 is 0 Å². The van der Waals surface area contributed by atoms with Gasteiger partial charge in [-0.15, -0.1) is 0 Å². The molecule has 0 aliphatic rings. The molecule has 98 valence electrons. The predicted octanol–water partition coefficient (Wildman–Crippen LogP) is -2.03. The average molecular weight is 238 g/mol. The number of hydrogen-bond acceptors (Lipinski definition) is 6. The van der Waals surface area contributed by atoms with Crippen LogP contribution in [-0.2, 0) is 0 Å². The van der Waals surface area contributed by atoms with E-state index in [0.29, 0.717) is 12.8 Å². The first-order valence-electron chi connectivity index (χ1n) is 5.46. The van der Waals surface area contributed by atoms with Gasteiger partial charge in [-0.2, -0.15) is 0 Å². The molecule has 5 atom stereocenters. The Morgan fingerprint density at radius 3 is 1.75 bits per heavy atom. The lowest BCUT2D eigenvalue weighted by atomic mass is 9.97. The van der Waals surface area contributed by atoms with Gasteiger partial charge in [0.25, 0.3) is 0 Å². The third-order valence-electron chi connectivity index (χ3n) is 2.53. The Morgan fingerprint density at radius 2 is 1.31 bits per heavy atom. The zero-order valence-electron chi connectivity index (χ0n) is 9.40. The van der Waals surface area contributed by atoms with Gasteiger partial charge in [0, 0.05) is 0 Å². The second-order valence-corrected chi connectivity index (χ2v) is 3.93. The first kappa shape index (κ1) is 15.8. The molecule has 0 aromatic rings. The van der Waals surface area contributed by atoms with Crippen molar-refractivity contribution in [3.05, 3.63) is 0 Å². The molecule has 16 heavy (non-hydrogen) atoms. The Morgan fingerprint density at radius 1 is 0.812 bits per heavy atom. The van der Waals surface area contributed by atoms with Crippen LogP contribution in [0.15, 0.2) is 0 Å². The van der Waals surface area contributed by atoms with E-state index >= 15 is 0 Å². The summed E-state index contributed by atoms with van der Waals surface area (Å²) in [5, 5.41) is 55.3. The van der Waals surface area contributed by atoms with Crippen LogP contribution in [0.25, 0.3) is 0 Å². The van der Waals surface area contributed by atoms with Gasteiger partial charge in [-0.3, -0.25) is 0 Å². The fraction of sp³-hybridized carbons (Fsp3) is 1.00. The molecule has 0 amide bonds. The van der Waals surface area contributed by atoms with Gasteiger partial charge in [0.15, 0.2) is 0 Å². The highest BCUT2D eigenvalue weighted by atomic mass is 16.4. The highest BCUT2D eigenvalue weighted by Crippen LogP contribution is 2.12. The van der Waals surface area contributed by atoms with Crippen LogP contribution >= 0.6 is 0 Å². The SMILES string of the molecule is CCCCC(O)[C@H](O)[C@@H](O)[C@H](O)[C@H](O)CO. The second-order valence-electron chi connectivity index (χ2n) is 3.93. The van der Waals surface area contributed by atoms with E-state index < -0.39 is 37.1 Å². The normalized spacial score (nSPS) is 21.2. The summed E-state index contributed by atoms with van der Waals surface area (Å²) in [4.78, 5) is 0. The predicted molar refractivity (Wildman–Crippen MR) is 56.6 cm³/mol. The van der Waals surface area contributed by atoms with Crippen molar-refractivity contribution in [1.82, 2.24) is 0 Å². The molecule has 6 heteroatoms. The molecular weight excluding hydrogens is 216 g/mol. The third-order valence-corrected chi connectivity index (χ3v) is 2.53. The molecule has 0 aliphatic heterocycles. The minimum atomic E-state index is -1.69. The van der Waals surface area contributed by atoms with Crippen LogP contribution in [0.2, 0.25) is 0 Å². The molecule has 6 N–H and O–H groups in total. The lowest BCUT2D eigenvalue weighted by Crippen LogP contribution is -2.49. The average Bonchev–Trinajstić information content (AvgIpc) is 2.31. The van der Waals surface area contributed by atoms with Crippen molar-refractivity contribution in [2.24, 2.45) is 0 Å². The zero-order valence-corrected chi connectivity index (χ0v) is 9.40. The molecule has 0 heterocycles. The van der Waals surface area contributed by atoms with Gasteiger partial charge in [-0.1, -0.05) is 19.8 Å². The Balaban J connectivity index is 4.19. The molecule has 0 saturated carbocycles. The number of aliphatic hydroxyl groups is 6. The maximum atomic E-state index is 9.47. The number of unbranched alkanes of at least 4 members (excludes halogenated alkanes) is 1. The molecule has 6 nitrogen and oxygen atoms in total. The summed E-state index contributed by atoms with van der Waals surface area (Å²) < 4.78 is 0. The molecule has 0 fully saturated rings. The summed E-state index contributed by atoms with van der Waals surface area (Å²) in [5.74, 6) is 0. The van der Waals surface area contributed by atoms with Gasteiger partial charge in [0.2, 0.25) is 0 Å². The van der Waals surface area contributed by atoms with E-state index in [9.17, 15) is 20.4 Å². The van der Waals surface area contributed by atoms with Crippen molar-refractivity contribution in [3.63, 3.8) is 0 Å². The molecule has 0 bridgehead atoms.